The molecular weight excluding hydrogens is 384 g/mol. The summed E-state index contributed by atoms with van der Waals surface area (Å²) >= 11 is 0. The lowest BCUT2D eigenvalue weighted by Gasteiger charge is -2.32. The average molecular weight is 410 g/mol. The summed E-state index contributed by atoms with van der Waals surface area (Å²) in [6, 6.07) is 5.63. The van der Waals surface area contributed by atoms with Gasteiger partial charge in [0, 0.05) is 25.7 Å². The zero-order chi connectivity index (χ0) is 20.1. The van der Waals surface area contributed by atoms with E-state index in [2.05, 4.69) is 0 Å². The minimum absolute atomic E-state index is 0.0328. The number of morpholine rings is 1. The second-order valence-corrected chi connectivity index (χ2v) is 8.94. The van der Waals surface area contributed by atoms with E-state index in [1.54, 1.807) is 4.90 Å². The molecule has 0 bridgehead atoms. The van der Waals surface area contributed by atoms with Gasteiger partial charge >= 0.3 is 5.97 Å². The van der Waals surface area contributed by atoms with Crippen molar-refractivity contribution in [3.05, 3.63) is 29.8 Å². The summed E-state index contributed by atoms with van der Waals surface area (Å²) in [6.45, 7) is 4.00. The van der Waals surface area contributed by atoms with Crippen molar-refractivity contribution in [3.8, 4) is 0 Å². The van der Waals surface area contributed by atoms with Crippen LogP contribution in [0.5, 0.6) is 0 Å². The van der Waals surface area contributed by atoms with Crippen LogP contribution in [0.2, 0.25) is 0 Å². The number of ether oxygens (including phenoxy) is 2. The molecule has 2 aliphatic rings. The van der Waals surface area contributed by atoms with Crippen LogP contribution in [0.3, 0.4) is 0 Å². The molecule has 0 saturated carbocycles. The highest BCUT2D eigenvalue weighted by Gasteiger charge is 2.31. The van der Waals surface area contributed by atoms with Crippen LogP contribution in [-0.2, 0) is 24.3 Å². The standard InChI is InChI=1S/C19H26N2O6S/c1-15-4-2-3-9-21(15)28(24,25)17-7-5-16(6-8-17)19(23)27-14-18(22)20-10-12-26-13-11-20/h5-8,15H,2-4,9-14H2,1H3/t15-/m0/s1. The summed E-state index contributed by atoms with van der Waals surface area (Å²) in [7, 11) is -3.59. The molecule has 1 aromatic carbocycles. The zero-order valence-corrected chi connectivity index (χ0v) is 16.8. The van der Waals surface area contributed by atoms with Gasteiger partial charge in [-0.05, 0) is 44.0 Å². The lowest BCUT2D eigenvalue weighted by atomic mass is 10.1. The van der Waals surface area contributed by atoms with E-state index in [0.29, 0.717) is 32.8 Å². The van der Waals surface area contributed by atoms with E-state index in [-0.39, 0.29) is 29.0 Å². The molecule has 2 saturated heterocycles. The Bertz CT molecular complexity index is 802. The van der Waals surface area contributed by atoms with Gasteiger partial charge in [-0.2, -0.15) is 4.31 Å². The second-order valence-electron chi connectivity index (χ2n) is 7.05. The highest BCUT2D eigenvalue weighted by molar-refractivity contribution is 7.89. The third-order valence-electron chi connectivity index (χ3n) is 5.13. The van der Waals surface area contributed by atoms with Gasteiger partial charge < -0.3 is 14.4 Å². The van der Waals surface area contributed by atoms with Gasteiger partial charge in [-0.3, -0.25) is 4.79 Å². The van der Waals surface area contributed by atoms with Crippen molar-refractivity contribution in [3.63, 3.8) is 0 Å². The fourth-order valence-corrected chi connectivity index (χ4v) is 5.14. The van der Waals surface area contributed by atoms with Crippen molar-refractivity contribution in [1.82, 2.24) is 9.21 Å². The normalized spacial score (nSPS) is 21.3. The van der Waals surface area contributed by atoms with E-state index in [0.717, 1.165) is 19.3 Å². The molecule has 8 nitrogen and oxygen atoms in total. The van der Waals surface area contributed by atoms with Crippen LogP contribution in [0.25, 0.3) is 0 Å². The van der Waals surface area contributed by atoms with Crippen molar-refractivity contribution in [2.45, 2.75) is 37.1 Å². The lowest BCUT2D eigenvalue weighted by molar-refractivity contribution is -0.138. The van der Waals surface area contributed by atoms with Gasteiger partial charge in [0.1, 0.15) is 0 Å². The molecule has 1 atom stereocenters. The number of benzene rings is 1. The van der Waals surface area contributed by atoms with E-state index in [4.69, 9.17) is 9.47 Å². The maximum Gasteiger partial charge on any atom is 0.338 e. The van der Waals surface area contributed by atoms with Gasteiger partial charge in [0.15, 0.2) is 6.61 Å². The first-order chi connectivity index (χ1) is 13.4. The molecule has 0 N–H and O–H groups in total. The summed E-state index contributed by atoms with van der Waals surface area (Å²) < 4.78 is 37.4. The van der Waals surface area contributed by atoms with Gasteiger partial charge in [0.25, 0.3) is 5.91 Å². The van der Waals surface area contributed by atoms with Crippen molar-refractivity contribution in [1.29, 1.82) is 0 Å². The predicted molar refractivity (Wildman–Crippen MR) is 101 cm³/mol. The number of carbonyl (C=O) groups is 2. The van der Waals surface area contributed by atoms with Crippen molar-refractivity contribution >= 4 is 21.9 Å². The summed E-state index contributed by atoms with van der Waals surface area (Å²) in [5.74, 6) is -0.924. The lowest BCUT2D eigenvalue weighted by Crippen LogP contribution is -2.42. The number of rotatable bonds is 5. The van der Waals surface area contributed by atoms with Gasteiger partial charge in [0.05, 0.1) is 23.7 Å². The van der Waals surface area contributed by atoms with Crippen molar-refractivity contribution in [2.75, 3.05) is 39.5 Å². The Morgan fingerprint density at radius 1 is 1.11 bits per heavy atom. The Kier molecular flexibility index (Phi) is 6.69. The molecule has 28 heavy (non-hydrogen) atoms. The number of nitrogens with zero attached hydrogens (tertiary/aromatic N) is 2. The molecule has 2 fully saturated rings. The van der Waals surface area contributed by atoms with Crippen LogP contribution in [0.15, 0.2) is 29.2 Å². The van der Waals surface area contributed by atoms with Crippen LogP contribution >= 0.6 is 0 Å². The molecule has 0 radical (unpaired) electrons. The first kappa shape index (κ1) is 20.8. The van der Waals surface area contributed by atoms with E-state index < -0.39 is 16.0 Å². The number of hydrogen-bond acceptors (Lipinski definition) is 6. The number of piperidine rings is 1. The average Bonchev–Trinajstić information content (AvgIpc) is 2.72. The smallest absolute Gasteiger partial charge is 0.338 e. The van der Waals surface area contributed by atoms with Crippen LogP contribution in [0.1, 0.15) is 36.5 Å². The maximum atomic E-state index is 12.8. The van der Waals surface area contributed by atoms with Crippen LogP contribution < -0.4 is 0 Å². The number of esters is 1. The molecule has 3 rings (SSSR count). The molecule has 9 heteroatoms. The zero-order valence-electron chi connectivity index (χ0n) is 16.0. The van der Waals surface area contributed by atoms with Gasteiger partial charge in [-0.15, -0.1) is 0 Å². The molecule has 0 spiro atoms. The van der Waals surface area contributed by atoms with E-state index in [9.17, 15) is 18.0 Å². The summed E-state index contributed by atoms with van der Waals surface area (Å²) in [6.07, 6.45) is 2.73. The highest BCUT2D eigenvalue weighted by Crippen LogP contribution is 2.25. The third-order valence-corrected chi connectivity index (χ3v) is 7.16. The van der Waals surface area contributed by atoms with Crippen molar-refractivity contribution < 1.29 is 27.5 Å². The molecule has 1 amide bonds. The fraction of sp³-hybridized carbons (Fsp3) is 0.579. The molecular formula is C19H26N2O6S. The maximum absolute atomic E-state index is 12.8. The van der Waals surface area contributed by atoms with Crippen LogP contribution in [0.4, 0.5) is 0 Å². The van der Waals surface area contributed by atoms with Gasteiger partial charge in [0.2, 0.25) is 10.0 Å². The minimum Gasteiger partial charge on any atom is -0.452 e. The Hall–Kier alpha value is -1.97. The molecule has 2 aliphatic heterocycles. The summed E-state index contributed by atoms with van der Waals surface area (Å²) in [4.78, 5) is 25.9. The topological polar surface area (TPSA) is 93.2 Å². The molecule has 1 aromatic rings. The largest absolute Gasteiger partial charge is 0.452 e. The predicted octanol–water partition coefficient (Wildman–Crippen LogP) is 1.27. The Labute approximate surface area is 165 Å². The van der Waals surface area contributed by atoms with Crippen LogP contribution in [0, 0.1) is 0 Å². The van der Waals surface area contributed by atoms with E-state index >= 15 is 0 Å². The first-order valence-corrected chi connectivity index (χ1v) is 11.0. The number of carbonyl (C=O) groups excluding carboxylic acids is 2. The quantitative estimate of drug-likeness (QED) is 0.679. The van der Waals surface area contributed by atoms with Crippen molar-refractivity contribution in [2.24, 2.45) is 0 Å². The van der Waals surface area contributed by atoms with E-state index in [1.165, 1.54) is 28.6 Å². The number of sulfonamides is 1. The Morgan fingerprint density at radius 3 is 2.43 bits per heavy atom. The highest BCUT2D eigenvalue weighted by atomic mass is 32.2. The summed E-state index contributed by atoms with van der Waals surface area (Å²) in [5.41, 5.74) is 0.209. The number of hydrogen-bond donors (Lipinski definition) is 0. The minimum atomic E-state index is -3.59. The molecule has 154 valence electrons. The van der Waals surface area contributed by atoms with Gasteiger partial charge in [-0.1, -0.05) is 6.42 Å². The fourth-order valence-electron chi connectivity index (χ4n) is 3.44. The molecule has 0 aromatic heterocycles. The van der Waals surface area contributed by atoms with E-state index in [1.807, 2.05) is 6.92 Å². The number of amides is 1. The molecule has 0 unspecified atom stereocenters. The summed E-state index contributed by atoms with van der Waals surface area (Å²) in [5, 5.41) is 0. The Morgan fingerprint density at radius 2 is 1.79 bits per heavy atom. The Balaban J connectivity index is 1.60. The molecule has 2 heterocycles. The van der Waals surface area contributed by atoms with Gasteiger partial charge in [-0.25, -0.2) is 13.2 Å². The second kappa shape index (κ2) is 9.02. The monoisotopic (exact) mass is 410 g/mol. The third kappa shape index (κ3) is 4.71. The molecule has 0 aliphatic carbocycles. The first-order valence-electron chi connectivity index (χ1n) is 9.54. The SMILES string of the molecule is C[C@H]1CCCCN1S(=O)(=O)c1ccc(C(=O)OCC(=O)N2CCOCC2)cc1. The van der Waals surface area contributed by atoms with Crippen LogP contribution in [-0.4, -0.2) is 75.0 Å².